The standard InChI is InChI=1S/C6H13N2.CH4O4S/c1-3-8(2)5-4-7-6-8;1-5-6(2,3)4/h3,7H,1,4-6H2,2H3;1H3,(H,2,3,4)/q+1;/p-1. The maximum absolute atomic E-state index is 9.22. The minimum atomic E-state index is -4.41. The topological polar surface area (TPSA) is 78.5 Å². The smallest absolute Gasteiger partial charge is 0.217 e. The second-order valence-electron chi connectivity index (χ2n) is 3.12. The molecule has 0 amide bonds. The molecule has 1 heterocycles. The Labute approximate surface area is 84.7 Å². The van der Waals surface area contributed by atoms with Crippen molar-refractivity contribution < 1.29 is 21.6 Å². The Morgan fingerprint density at radius 3 is 2.29 bits per heavy atom. The molecule has 0 aliphatic carbocycles. The minimum absolute atomic E-state index is 0.808. The Hall–Kier alpha value is -0.470. The van der Waals surface area contributed by atoms with E-state index in [-0.39, 0.29) is 0 Å². The van der Waals surface area contributed by atoms with Gasteiger partial charge in [-0.1, -0.05) is 0 Å². The molecule has 1 aliphatic rings. The first-order valence-electron chi connectivity index (χ1n) is 4.03. The summed E-state index contributed by atoms with van der Waals surface area (Å²) < 4.78 is 32.0. The van der Waals surface area contributed by atoms with E-state index in [1.165, 1.54) is 6.54 Å². The Kier molecular flexibility index (Phi) is 5.24. The minimum Gasteiger partial charge on any atom is -0.726 e. The molecule has 6 nitrogen and oxygen atoms in total. The molecule has 0 aromatic rings. The number of likely N-dealkylation sites (N-methyl/N-ethyl adjacent to an activating group) is 1. The monoisotopic (exact) mass is 224 g/mol. The van der Waals surface area contributed by atoms with Gasteiger partial charge in [-0.3, -0.25) is 14.0 Å². The van der Waals surface area contributed by atoms with Gasteiger partial charge in [0.2, 0.25) is 10.4 Å². The van der Waals surface area contributed by atoms with Crippen LogP contribution in [0.1, 0.15) is 0 Å². The molecule has 1 aliphatic heterocycles. The normalized spacial score (nSPS) is 26.5. The maximum Gasteiger partial charge on any atom is 0.217 e. The molecular weight excluding hydrogens is 208 g/mol. The van der Waals surface area contributed by atoms with Crippen molar-refractivity contribution in [1.29, 1.82) is 0 Å². The highest BCUT2D eigenvalue weighted by Crippen LogP contribution is 2.03. The summed E-state index contributed by atoms with van der Waals surface area (Å²) in [4.78, 5) is 0. The van der Waals surface area contributed by atoms with Crippen LogP contribution in [0.2, 0.25) is 0 Å². The third kappa shape index (κ3) is 6.06. The van der Waals surface area contributed by atoms with E-state index in [1.807, 2.05) is 6.20 Å². The average molecular weight is 224 g/mol. The Morgan fingerprint density at radius 1 is 1.64 bits per heavy atom. The van der Waals surface area contributed by atoms with Crippen molar-refractivity contribution in [1.82, 2.24) is 5.32 Å². The Morgan fingerprint density at radius 2 is 2.14 bits per heavy atom. The summed E-state index contributed by atoms with van der Waals surface area (Å²) in [7, 11) is -1.43. The molecule has 1 N–H and O–H groups in total. The number of nitrogens with zero attached hydrogens (tertiary/aromatic N) is 1. The second kappa shape index (κ2) is 5.42. The predicted octanol–water partition coefficient (Wildman–Crippen LogP) is -0.770. The van der Waals surface area contributed by atoms with Crippen molar-refractivity contribution in [3.8, 4) is 0 Å². The molecule has 1 unspecified atom stereocenters. The van der Waals surface area contributed by atoms with Crippen molar-refractivity contribution in [3.63, 3.8) is 0 Å². The summed E-state index contributed by atoms with van der Waals surface area (Å²) in [6.07, 6.45) is 1.99. The molecule has 0 radical (unpaired) electrons. The molecule has 0 saturated carbocycles. The van der Waals surface area contributed by atoms with Crippen molar-refractivity contribution in [2.24, 2.45) is 0 Å². The molecule has 7 heteroatoms. The zero-order valence-electron chi connectivity index (χ0n) is 8.39. The zero-order valence-corrected chi connectivity index (χ0v) is 9.21. The quantitative estimate of drug-likeness (QED) is 0.378. The molecule has 0 aromatic carbocycles. The first kappa shape index (κ1) is 13.5. The van der Waals surface area contributed by atoms with E-state index < -0.39 is 10.4 Å². The highest BCUT2D eigenvalue weighted by atomic mass is 32.3. The summed E-state index contributed by atoms with van der Waals surface area (Å²) in [5.41, 5.74) is 0. The van der Waals surface area contributed by atoms with E-state index in [1.54, 1.807) is 0 Å². The lowest BCUT2D eigenvalue weighted by Crippen LogP contribution is -2.35. The summed E-state index contributed by atoms with van der Waals surface area (Å²) in [6.45, 7) is 7.10. The van der Waals surface area contributed by atoms with E-state index in [0.29, 0.717) is 0 Å². The maximum atomic E-state index is 9.22. The van der Waals surface area contributed by atoms with Crippen LogP contribution in [0.4, 0.5) is 0 Å². The number of nitrogens with one attached hydrogen (secondary N) is 1. The SMILES string of the molecule is C=C[N+]1(C)CCNC1.COS(=O)(=O)[O-]. The zero-order chi connectivity index (χ0) is 11.2. The van der Waals surface area contributed by atoms with Crippen LogP contribution in [-0.2, 0) is 14.6 Å². The van der Waals surface area contributed by atoms with Crippen LogP contribution in [0, 0.1) is 0 Å². The van der Waals surface area contributed by atoms with E-state index in [0.717, 1.165) is 24.8 Å². The fraction of sp³-hybridized carbons (Fsp3) is 0.714. The lowest BCUT2D eigenvalue weighted by Gasteiger charge is -2.21. The molecule has 0 aromatic heterocycles. The van der Waals surface area contributed by atoms with Crippen molar-refractivity contribution in [2.45, 2.75) is 0 Å². The third-order valence-electron chi connectivity index (χ3n) is 1.92. The summed E-state index contributed by atoms with van der Waals surface area (Å²) >= 11 is 0. The molecular formula is C7H16N2O4S. The van der Waals surface area contributed by atoms with Gasteiger partial charge in [-0.15, -0.1) is 0 Å². The van der Waals surface area contributed by atoms with Gasteiger partial charge in [-0.2, -0.15) is 0 Å². The van der Waals surface area contributed by atoms with Gasteiger partial charge in [-0.05, 0) is 6.58 Å². The second-order valence-corrected chi connectivity index (χ2v) is 4.27. The van der Waals surface area contributed by atoms with E-state index >= 15 is 0 Å². The van der Waals surface area contributed by atoms with Crippen LogP contribution in [0.15, 0.2) is 12.8 Å². The van der Waals surface area contributed by atoms with E-state index in [2.05, 4.69) is 23.1 Å². The van der Waals surface area contributed by atoms with Gasteiger partial charge in [0.05, 0.1) is 33.4 Å². The van der Waals surface area contributed by atoms with Crippen LogP contribution < -0.4 is 5.32 Å². The Balaban J connectivity index is 0.000000255. The van der Waals surface area contributed by atoms with Gasteiger partial charge in [-0.25, -0.2) is 8.42 Å². The van der Waals surface area contributed by atoms with Crippen LogP contribution in [-0.4, -0.2) is 51.4 Å². The summed E-state index contributed by atoms with van der Waals surface area (Å²) in [6, 6.07) is 0. The van der Waals surface area contributed by atoms with E-state index in [4.69, 9.17) is 0 Å². The van der Waals surface area contributed by atoms with Gasteiger partial charge in [0, 0.05) is 0 Å². The van der Waals surface area contributed by atoms with Gasteiger partial charge in [0.15, 0.2) is 0 Å². The van der Waals surface area contributed by atoms with Gasteiger partial charge in [0.1, 0.15) is 6.67 Å². The number of hydrogen-bond donors (Lipinski definition) is 1. The molecule has 1 atom stereocenters. The van der Waals surface area contributed by atoms with Crippen molar-refractivity contribution in [3.05, 3.63) is 12.8 Å². The fourth-order valence-corrected chi connectivity index (χ4v) is 0.904. The van der Waals surface area contributed by atoms with Crippen LogP contribution in [0.25, 0.3) is 0 Å². The average Bonchev–Trinajstić information content (AvgIpc) is 2.53. The Bertz CT molecular complexity index is 269. The van der Waals surface area contributed by atoms with Crippen LogP contribution in [0.3, 0.4) is 0 Å². The fourth-order valence-electron chi connectivity index (χ4n) is 0.904. The highest BCUT2D eigenvalue weighted by molar-refractivity contribution is 7.80. The van der Waals surface area contributed by atoms with Gasteiger partial charge >= 0.3 is 0 Å². The number of quaternary nitrogens is 1. The summed E-state index contributed by atoms with van der Waals surface area (Å²) in [5, 5.41) is 3.26. The molecule has 14 heavy (non-hydrogen) atoms. The van der Waals surface area contributed by atoms with Crippen LogP contribution in [0.5, 0.6) is 0 Å². The predicted molar refractivity (Wildman–Crippen MR) is 50.8 cm³/mol. The third-order valence-corrected chi connectivity index (χ3v) is 2.33. The summed E-state index contributed by atoms with van der Waals surface area (Å²) in [5.74, 6) is 0. The lowest BCUT2D eigenvalue weighted by atomic mass is 10.5. The van der Waals surface area contributed by atoms with Gasteiger partial charge in [0.25, 0.3) is 0 Å². The van der Waals surface area contributed by atoms with Crippen molar-refractivity contribution in [2.75, 3.05) is 33.9 Å². The first-order valence-corrected chi connectivity index (χ1v) is 5.36. The number of rotatable bonds is 2. The molecule has 1 fully saturated rings. The molecule has 0 spiro atoms. The molecule has 1 saturated heterocycles. The highest BCUT2D eigenvalue weighted by Gasteiger charge is 2.21. The van der Waals surface area contributed by atoms with Crippen molar-refractivity contribution >= 4 is 10.4 Å². The lowest BCUT2D eigenvalue weighted by molar-refractivity contribution is -0.846. The van der Waals surface area contributed by atoms with Gasteiger partial charge < -0.3 is 4.55 Å². The molecule has 1 rings (SSSR count). The van der Waals surface area contributed by atoms with E-state index in [9.17, 15) is 13.0 Å². The molecule has 0 bridgehead atoms. The molecule has 84 valence electrons. The first-order chi connectivity index (χ1) is 6.33. The van der Waals surface area contributed by atoms with Crippen LogP contribution >= 0.6 is 0 Å². The number of hydrogen-bond acceptors (Lipinski definition) is 5. The largest absolute Gasteiger partial charge is 0.726 e.